The Bertz CT molecular complexity index is 81.1. The third-order valence-electron chi connectivity index (χ3n) is 1.61. The monoisotopic (exact) mass is 152 g/mol. The largest absolute Gasteiger partial charge is 0.115 e. The summed E-state index contributed by atoms with van der Waals surface area (Å²) in [7, 11) is 1.62. The van der Waals surface area contributed by atoms with Gasteiger partial charge in [-0.25, -0.2) is 0 Å². The SMILES string of the molecule is [3H]SSC(C)(C)C(C)C. The van der Waals surface area contributed by atoms with Crippen molar-refractivity contribution in [2.45, 2.75) is 32.4 Å². The van der Waals surface area contributed by atoms with Crippen LogP contribution in [0.25, 0.3) is 0 Å². The molecular weight excluding hydrogens is 136 g/mol. The first-order chi connectivity index (χ1) is 4.00. The zero-order chi connectivity index (χ0) is 7.49. The molecule has 0 aromatic rings. The van der Waals surface area contributed by atoms with Crippen LogP contribution in [0.1, 0.15) is 27.7 Å². The third kappa shape index (κ3) is 2.31. The van der Waals surface area contributed by atoms with Crippen LogP contribution >= 0.6 is 22.4 Å². The zero-order valence-electron chi connectivity index (χ0n) is 6.89. The normalized spacial score (nSPS) is 14.4. The molecule has 0 aliphatic heterocycles. The van der Waals surface area contributed by atoms with Crippen LogP contribution in [-0.4, -0.2) is 5.87 Å². The summed E-state index contributed by atoms with van der Waals surface area (Å²) in [4.78, 5) is 0. The van der Waals surface area contributed by atoms with E-state index in [0.29, 0.717) is 5.92 Å². The van der Waals surface area contributed by atoms with Gasteiger partial charge in [-0.05, 0) is 19.8 Å². The molecule has 0 N–H and O–H groups in total. The summed E-state index contributed by atoms with van der Waals surface area (Å²) in [6.45, 7) is 8.71. The van der Waals surface area contributed by atoms with Crippen LogP contribution in [0.4, 0.5) is 0 Å². The third-order valence-corrected chi connectivity index (χ3v) is 3.79. The van der Waals surface area contributed by atoms with Crippen molar-refractivity contribution < 1.29 is 0 Å². The summed E-state index contributed by atoms with van der Waals surface area (Å²) in [5, 5.41) is 0. The predicted octanol–water partition coefficient (Wildman–Crippen LogP) is 3.00. The Balaban J connectivity index is 3.70. The summed E-state index contributed by atoms with van der Waals surface area (Å²) < 4.78 is 7.17. The van der Waals surface area contributed by atoms with Crippen LogP contribution < -0.4 is 0 Å². The van der Waals surface area contributed by atoms with Crippen molar-refractivity contribution in [3.63, 3.8) is 0 Å². The number of thiol groups is 1. The van der Waals surface area contributed by atoms with Gasteiger partial charge in [0.15, 0.2) is 0 Å². The molecule has 0 aliphatic carbocycles. The maximum Gasteiger partial charge on any atom is 0.115 e. The minimum atomic E-state index is 0.242. The molecule has 0 amide bonds. The Morgan fingerprint density at radius 3 is 2.25 bits per heavy atom. The molecule has 2 heteroatoms. The molecule has 0 unspecified atom stereocenters. The van der Waals surface area contributed by atoms with E-state index in [2.05, 4.69) is 27.7 Å². The Labute approximate surface area is 62.3 Å². The molecule has 0 bridgehead atoms. The maximum atomic E-state index is 6.93. The average molecular weight is 152 g/mol. The van der Waals surface area contributed by atoms with Crippen molar-refractivity contribution in [3.05, 3.63) is 0 Å². The van der Waals surface area contributed by atoms with E-state index >= 15 is 0 Å². The fourth-order valence-corrected chi connectivity index (χ4v) is 0.866. The Kier molecular flexibility index (Phi) is 2.57. The molecule has 0 aromatic carbocycles. The van der Waals surface area contributed by atoms with Gasteiger partial charge in [-0.3, -0.25) is 0 Å². The zero-order valence-corrected chi connectivity index (χ0v) is 7.53. The van der Waals surface area contributed by atoms with Crippen LogP contribution in [0.3, 0.4) is 0 Å². The van der Waals surface area contributed by atoms with Crippen molar-refractivity contribution in [2.24, 2.45) is 5.92 Å². The highest BCUT2D eigenvalue weighted by atomic mass is 33.1. The molecule has 0 atom stereocenters. The lowest BCUT2D eigenvalue weighted by Gasteiger charge is -2.25. The smallest absolute Gasteiger partial charge is 0.111 e. The van der Waals surface area contributed by atoms with E-state index in [1.807, 2.05) is 0 Å². The summed E-state index contributed by atoms with van der Waals surface area (Å²) in [6.07, 6.45) is 0. The molecule has 0 saturated carbocycles. The predicted molar refractivity (Wildman–Crippen MR) is 45.5 cm³/mol. The van der Waals surface area contributed by atoms with Crippen LogP contribution in [0.2, 0.25) is 0 Å². The van der Waals surface area contributed by atoms with Crippen LogP contribution in [0.5, 0.6) is 0 Å². The first-order valence-electron chi connectivity index (χ1n) is 3.22. The molecule has 50 valence electrons. The lowest BCUT2D eigenvalue weighted by molar-refractivity contribution is 0.507. The summed E-state index contributed by atoms with van der Waals surface area (Å²) in [5.41, 5.74) is 0. The molecule has 8 heavy (non-hydrogen) atoms. The van der Waals surface area contributed by atoms with Crippen LogP contribution in [0.15, 0.2) is 0 Å². The Morgan fingerprint density at radius 1 is 1.62 bits per heavy atom. The molecule has 0 aliphatic rings. The molecule has 0 heterocycles. The van der Waals surface area contributed by atoms with Crippen LogP contribution in [0, 0.1) is 5.92 Å². The highest BCUT2D eigenvalue weighted by Gasteiger charge is 2.20. The van der Waals surface area contributed by atoms with Crippen LogP contribution in [-0.2, 0) is 0 Å². The Hall–Kier alpha value is 0.700. The quantitative estimate of drug-likeness (QED) is 0.479. The van der Waals surface area contributed by atoms with Gasteiger partial charge >= 0.3 is 0 Å². The number of rotatable bonds is 3. The van der Waals surface area contributed by atoms with Crippen molar-refractivity contribution in [3.8, 4) is 0 Å². The van der Waals surface area contributed by atoms with E-state index in [0.717, 1.165) is 11.6 Å². The van der Waals surface area contributed by atoms with Gasteiger partial charge in [0.1, 0.15) is 1.12 Å². The van der Waals surface area contributed by atoms with Gasteiger partial charge in [-0.15, -0.1) is 11.6 Å². The maximum absolute atomic E-state index is 6.93. The van der Waals surface area contributed by atoms with E-state index in [1.54, 1.807) is 10.8 Å². The molecule has 0 saturated heterocycles. The Morgan fingerprint density at radius 2 is 2.12 bits per heavy atom. The standard InChI is InChI=1S/C6H14S2/c1-5(2)6(3,4)8-7/h5,7H,1-4H3/i/hT. The summed E-state index contributed by atoms with van der Waals surface area (Å²) >= 11 is 1.10. The molecule has 0 rings (SSSR count). The van der Waals surface area contributed by atoms with Crippen molar-refractivity contribution >= 4 is 22.4 Å². The molecular formula is C6H14S2. The van der Waals surface area contributed by atoms with E-state index in [9.17, 15) is 0 Å². The van der Waals surface area contributed by atoms with Gasteiger partial charge in [0.2, 0.25) is 0 Å². The second kappa shape index (κ2) is 3.02. The number of hydrogen-bond acceptors (Lipinski definition) is 2. The minimum Gasteiger partial charge on any atom is -0.111 e. The molecule has 0 nitrogen and oxygen atoms in total. The van der Waals surface area contributed by atoms with Gasteiger partial charge < -0.3 is 0 Å². The summed E-state index contributed by atoms with van der Waals surface area (Å²) in [5.74, 6) is 0.639. The van der Waals surface area contributed by atoms with E-state index in [-0.39, 0.29) is 4.75 Å². The van der Waals surface area contributed by atoms with Gasteiger partial charge in [-0.2, -0.15) is 0 Å². The molecule has 0 radical (unpaired) electrons. The first kappa shape index (κ1) is 6.81. The number of hydrogen-bond donors (Lipinski definition) is 1. The van der Waals surface area contributed by atoms with Gasteiger partial charge in [0, 0.05) is 4.75 Å². The highest BCUT2D eigenvalue weighted by molar-refractivity contribution is 8.69. The second-order valence-electron chi connectivity index (χ2n) is 2.84. The van der Waals surface area contributed by atoms with Crippen molar-refractivity contribution in [2.75, 3.05) is 0 Å². The summed E-state index contributed by atoms with van der Waals surface area (Å²) in [6, 6.07) is 0. The molecule has 0 spiro atoms. The fraction of sp³-hybridized carbons (Fsp3) is 1.00. The van der Waals surface area contributed by atoms with E-state index < -0.39 is 0 Å². The molecule has 0 aromatic heterocycles. The minimum absolute atomic E-state index is 0.242. The van der Waals surface area contributed by atoms with Gasteiger partial charge in [0.05, 0.1) is 0 Å². The average Bonchev–Trinajstić information content (AvgIpc) is 1.65. The van der Waals surface area contributed by atoms with E-state index in [1.165, 1.54) is 0 Å². The lowest BCUT2D eigenvalue weighted by Crippen LogP contribution is -2.20. The topological polar surface area (TPSA) is 0 Å². The fourth-order valence-electron chi connectivity index (χ4n) is 0.0962. The van der Waals surface area contributed by atoms with Gasteiger partial charge in [0.25, 0.3) is 0 Å². The second-order valence-corrected chi connectivity index (χ2v) is 4.56. The van der Waals surface area contributed by atoms with Crippen molar-refractivity contribution in [1.29, 1.82) is 1.12 Å². The lowest BCUT2D eigenvalue weighted by atomic mass is 10.00. The highest BCUT2D eigenvalue weighted by Crippen LogP contribution is 2.34. The first-order valence-corrected chi connectivity index (χ1v) is 4.56. The van der Waals surface area contributed by atoms with Crippen molar-refractivity contribution in [1.82, 2.24) is 0 Å². The van der Waals surface area contributed by atoms with E-state index in [4.69, 9.17) is 1.12 Å². The molecule has 0 fully saturated rings. The van der Waals surface area contributed by atoms with Gasteiger partial charge in [-0.1, -0.05) is 24.6 Å².